The summed E-state index contributed by atoms with van der Waals surface area (Å²) in [7, 11) is 0. The zero-order chi connectivity index (χ0) is 14.6. The van der Waals surface area contributed by atoms with Gasteiger partial charge in [0.1, 0.15) is 5.76 Å². The Balaban J connectivity index is 2.02. The number of nitrogens with zero attached hydrogens (tertiary/aromatic N) is 1. The second-order valence-electron chi connectivity index (χ2n) is 5.60. The lowest BCUT2D eigenvalue weighted by atomic mass is 10.1. The summed E-state index contributed by atoms with van der Waals surface area (Å²) in [6.45, 7) is 6.38. The molecule has 2 N–H and O–H groups in total. The van der Waals surface area contributed by atoms with Crippen molar-refractivity contribution in [2.75, 3.05) is 5.32 Å². The average molecular weight is 273 g/mol. The third-order valence-electron chi connectivity index (χ3n) is 2.54. The fourth-order valence-electron chi connectivity index (χ4n) is 1.68. The van der Waals surface area contributed by atoms with Crippen LogP contribution in [0.2, 0.25) is 0 Å². The number of hydrogen-bond acceptors (Lipinski definition) is 4. The molecule has 5 nitrogen and oxygen atoms in total. The van der Waals surface area contributed by atoms with Crippen LogP contribution in [0.3, 0.4) is 0 Å². The topological polar surface area (TPSA) is 67.2 Å². The second kappa shape index (κ2) is 5.77. The summed E-state index contributed by atoms with van der Waals surface area (Å²) >= 11 is 0. The predicted molar refractivity (Wildman–Crippen MR) is 77.5 cm³/mol. The highest BCUT2D eigenvalue weighted by molar-refractivity contribution is 5.95. The Morgan fingerprint density at radius 1 is 1.35 bits per heavy atom. The fraction of sp³-hybridized carbons (Fsp3) is 0.333. The summed E-state index contributed by atoms with van der Waals surface area (Å²) in [4.78, 5) is 16.1. The molecule has 0 radical (unpaired) electrons. The van der Waals surface area contributed by atoms with Crippen LogP contribution in [0.4, 0.5) is 5.69 Å². The molecule has 0 saturated heterocycles. The van der Waals surface area contributed by atoms with E-state index in [2.05, 4.69) is 15.6 Å². The van der Waals surface area contributed by atoms with Crippen LogP contribution in [0, 0.1) is 0 Å². The molecule has 0 aromatic carbocycles. The van der Waals surface area contributed by atoms with Gasteiger partial charge in [0.15, 0.2) is 0 Å². The van der Waals surface area contributed by atoms with Gasteiger partial charge in [-0.15, -0.1) is 0 Å². The highest BCUT2D eigenvalue weighted by atomic mass is 16.3. The van der Waals surface area contributed by atoms with E-state index in [0.717, 1.165) is 11.4 Å². The first-order valence-corrected chi connectivity index (χ1v) is 6.48. The number of anilines is 1. The van der Waals surface area contributed by atoms with Crippen molar-refractivity contribution < 1.29 is 9.21 Å². The quantitative estimate of drug-likeness (QED) is 0.899. The summed E-state index contributed by atoms with van der Waals surface area (Å²) < 4.78 is 5.24. The van der Waals surface area contributed by atoms with E-state index in [9.17, 15) is 4.79 Å². The normalized spacial score (nSPS) is 11.2. The molecule has 0 bridgehead atoms. The van der Waals surface area contributed by atoms with E-state index < -0.39 is 0 Å². The number of amides is 1. The van der Waals surface area contributed by atoms with Crippen LogP contribution in [-0.2, 0) is 6.54 Å². The average Bonchev–Trinajstić information content (AvgIpc) is 2.88. The molecule has 0 saturated carbocycles. The molecule has 0 aliphatic heterocycles. The van der Waals surface area contributed by atoms with Gasteiger partial charge in [-0.2, -0.15) is 0 Å². The first-order valence-electron chi connectivity index (χ1n) is 6.48. The highest BCUT2D eigenvalue weighted by Gasteiger charge is 2.15. The van der Waals surface area contributed by atoms with Gasteiger partial charge in [0, 0.05) is 17.9 Å². The Bertz CT molecular complexity index is 571. The summed E-state index contributed by atoms with van der Waals surface area (Å²) in [5.41, 5.74) is 1.04. The molecule has 2 rings (SSSR count). The first-order chi connectivity index (χ1) is 9.44. The number of pyridine rings is 1. The molecule has 0 fully saturated rings. The molecular formula is C15H19N3O2. The van der Waals surface area contributed by atoms with E-state index in [1.54, 1.807) is 24.7 Å². The summed E-state index contributed by atoms with van der Waals surface area (Å²) in [6.07, 6.45) is 4.86. The zero-order valence-corrected chi connectivity index (χ0v) is 11.9. The van der Waals surface area contributed by atoms with Crippen molar-refractivity contribution in [1.82, 2.24) is 10.3 Å². The number of nitrogens with one attached hydrogen (secondary N) is 2. The Morgan fingerprint density at radius 2 is 2.15 bits per heavy atom. The highest BCUT2D eigenvalue weighted by Crippen LogP contribution is 2.12. The van der Waals surface area contributed by atoms with Gasteiger partial charge in [-0.3, -0.25) is 9.78 Å². The Labute approximate surface area is 118 Å². The van der Waals surface area contributed by atoms with E-state index in [4.69, 9.17) is 4.42 Å². The van der Waals surface area contributed by atoms with Gasteiger partial charge in [-0.05, 0) is 39.0 Å². The van der Waals surface area contributed by atoms with E-state index in [1.165, 1.54) is 0 Å². The zero-order valence-electron chi connectivity index (χ0n) is 11.9. The van der Waals surface area contributed by atoms with Gasteiger partial charge in [0.05, 0.1) is 24.1 Å². The third kappa shape index (κ3) is 4.12. The minimum absolute atomic E-state index is 0.133. The van der Waals surface area contributed by atoms with Crippen molar-refractivity contribution in [2.24, 2.45) is 0 Å². The van der Waals surface area contributed by atoms with Crippen molar-refractivity contribution in [2.45, 2.75) is 32.9 Å². The van der Waals surface area contributed by atoms with Crippen LogP contribution < -0.4 is 10.6 Å². The maximum absolute atomic E-state index is 12.0. The SMILES string of the molecule is CC(C)(C)NC(=O)c1cncc(NCc2ccco2)c1. The van der Waals surface area contributed by atoms with Crippen molar-refractivity contribution in [1.29, 1.82) is 0 Å². The Hall–Kier alpha value is -2.30. The van der Waals surface area contributed by atoms with Crippen molar-refractivity contribution >= 4 is 11.6 Å². The van der Waals surface area contributed by atoms with E-state index in [1.807, 2.05) is 32.9 Å². The lowest BCUT2D eigenvalue weighted by molar-refractivity contribution is 0.0919. The van der Waals surface area contributed by atoms with Crippen LogP contribution in [0.15, 0.2) is 41.3 Å². The number of carbonyl (C=O) groups excluding carboxylic acids is 1. The minimum atomic E-state index is -0.269. The maximum Gasteiger partial charge on any atom is 0.253 e. The van der Waals surface area contributed by atoms with Gasteiger partial charge in [-0.1, -0.05) is 0 Å². The number of aromatic nitrogens is 1. The molecule has 0 unspecified atom stereocenters. The molecule has 0 spiro atoms. The van der Waals surface area contributed by atoms with Crippen LogP contribution in [-0.4, -0.2) is 16.4 Å². The molecule has 106 valence electrons. The minimum Gasteiger partial charge on any atom is -0.467 e. The second-order valence-corrected chi connectivity index (χ2v) is 5.60. The fourth-order valence-corrected chi connectivity index (χ4v) is 1.68. The molecule has 0 aliphatic rings. The smallest absolute Gasteiger partial charge is 0.253 e. The Morgan fingerprint density at radius 3 is 2.80 bits per heavy atom. The lowest BCUT2D eigenvalue weighted by Gasteiger charge is -2.20. The van der Waals surface area contributed by atoms with Gasteiger partial charge in [-0.25, -0.2) is 0 Å². The van der Waals surface area contributed by atoms with Crippen molar-refractivity contribution in [3.63, 3.8) is 0 Å². The molecule has 5 heteroatoms. The van der Waals surface area contributed by atoms with E-state index >= 15 is 0 Å². The molecule has 20 heavy (non-hydrogen) atoms. The summed E-state index contributed by atoms with van der Waals surface area (Å²) in [5, 5.41) is 6.08. The summed E-state index contributed by atoms with van der Waals surface area (Å²) in [5.74, 6) is 0.696. The molecule has 2 heterocycles. The van der Waals surface area contributed by atoms with Crippen LogP contribution >= 0.6 is 0 Å². The molecule has 1 amide bonds. The van der Waals surface area contributed by atoms with Crippen LogP contribution in [0.25, 0.3) is 0 Å². The van der Waals surface area contributed by atoms with Crippen molar-refractivity contribution in [3.05, 3.63) is 48.2 Å². The van der Waals surface area contributed by atoms with Crippen molar-refractivity contribution in [3.8, 4) is 0 Å². The first kappa shape index (κ1) is 14.1. The van der Waals surface area contributed by atoms with Gasteiger partial charge >= 0.3 is 0 Å². The number of carbonyl (C=O) groups is 1. The largest absolute Gasteiger partial charge is 0.467 e. The molecule has 2 aromatic heterocycles. The standard InChI is InChI=1S/C15H19N3O2/c1-15(2,3)18-14(19)11-7-12(9-16-8-11)17-10-13-5-4-6-20-13/h4-9,17H,10H2,1-3H3,(H,18,19). The van der Waals surface area contributed by atoms with Gasteiger partial charge < -0.3 is 15.1 Å². The number of hydrogen-bond donors (Lipinski definition) is 2. The molecule has 2 aromatic rings. The maximum atomic E-state index is 12.0. The Kier molecular flexibility index (Phi) is 4.08. The van der Waals surface area contributed by atoms with Crippen LogP contribution in [0.1, 0.15) is 36.9 Å². The lowest BCUT2D eigenvalue weighted by Crippen LogP contribution is -2.40. The third-order valence-corrected chi connectivity index (χ3v) is 2.54. The number of rotatable bonds is 4. The summed E-state index contributed by atoms with van der Waals surface area (Å²) in [6, 6.07) is 5.50. The molecule has 0 aliphatic carbocycles. The monoisotopic (exact) mass is 273 g/mol. The van der Waals surface area contributed by atoms with Crippen LogP contribution in [0.5, 0.6) is 0 Å². The number of furan rings is 1. The van der Waals surface area contributed by atoms with Gasteiger partial charge in [0.25, 0.3) is 5.91 Å². The molecular weight excluding hydrogens is 254 g/mol. The van der Waals surface area contributed by atoms with E-state index in [0.29, 0.717) is 12.1 Å². The van der Waals surface area contributed by atoms with E-state index in [-0.39, 0.29) is 11.4 Å². The van der Waals surface area contributed by atoms with Gasteiger partial charge in [0.2, 0.25) is 0 Å². The predicted octanol–water partition coefficient (Wildman–Crippen LogP) is 2.82. The molecule has 0 atom stereocenters.